The van der Waals surface area contributed by atoms with E-state index in [0.717, 1.165) is 0 Å². The van der Waals surface area contributed by atoms with Crippen LogP contribution in [0.5, 0.6) is 0 Å². The van der Waals surface area contributed by atoms with E-state index in [9.17, 15) is 18.0 Å². The van der Waals surface area contributed by atoms with Gasteiger partial charge in [0.15, 0.2) is 0 Å². The van der Waals surface area contributed by atoms with Crippen LogP contribution in [-0.4, -0.2) is 41.0 Å². The number of carbonyl (C=O) groups is 1. The predicted molar refractivity (Wildman–Crippen MR) is 61.9 cm³/mol. The van der Waals surface area contributed by atoms with Crippen molar-refractivity contribution in [1.82, 2.24) is 0 Å². The van der Waals surface area contributed by atoms with Crippen molar-refractivity contribution >= 4 is 15.0 Å². The van der Waals surface area contributed by atoms with Gasteiger partial charge < -0.3 is 17.7 Å². The van der Waals surface area contributed by atoms with Crippen molar-refractivity contribution in [3.63, 3.8) is 0 Å². The van der Waals surface area contributed by atoms with Gasteiger partial charge in [0.25, 0.3) is 0 Å². The molecule has 0 unspecified atom stereocenters. The van der Waals surface area contributed by atoms with Gasteiger partial charge in [0.2, 0.25) is 0 Å². The van der Waals surface area contributed by atoms with Crippen LogP contribution in [0.1, 0.15) is 20.8 Å². The van der Waals surface area contributed by atoms with E-state index >= 15 is 0 Å². The van der Waals surface area contributed by atoms with Crippen LogP contribution in [0.25, 0.3) is 0 Å². The van der Waals surface area contributed by atoms with Gasteiger partial charge in [-0.1, -0.05) is 6.58 Å². The molecule has 0 bridgehead atoms. The van der Waals surface area contributed by atoms with E-state index in [1.807, 2.05) is 0 Å². The summed E-state index contributed by atoms with van der Waals surface area (Å²) in [6.07, 6.45) is -4.87. The summed E-state index contributed by atoms with van der Waals surface area (Å²) < 4.78 is 56.9. The van der Waals surface area contributed by atoms with Gasteiger partial charge in [-0.05, 0) is 20.8 Å². The van der Waals surface area contributed by atoms with Gasteiger partial charge in [-0.15, -0.1) is 0 Å². The Balaban J connectivity index is 4.98. The first-order chi connectivity index (χ1) is 8.72. The lowest BCUT2D eigenvalue weighted by atomic mass is 10.3. The Labute approximate surface area is 110 Å². The lowest BCUT2D eigenvalue weighted by Crippen LogP contribution is -2.51. The van der Waals surface area contributed by atoms with E-state index in [-0.39, 0.29) is 19.8 Å². The van der Waals surface area contributed by atoms with Crippen LogP contribution in [0.3, 0.4) is 0 Å². The van der Waals surface area contributed by atoms with Crippen LogP contribution < -0.4 is 0 Å². The van der Waals surface area contributed by atoms with Gasteiger partial charge >= 0.3 is 21.2 Å². The summed E-state index contributed by atoms with van der Waals surface area (Å²) in [5.41, 5.74) is -1.64. The van der Waals surface area contributed by atoms with E-state index < -0.39 is 26.8 Å². The Morgan fingerprint density at radius 1 is 1.05 bits per heavy atom. The van der Waals surface area contributed by atoms with E-state index in [2.05, 4.69) is 11.0 Å². The summed E-state index contributed by atoms with van der Waals surface area (Å²) in [5.74, 6) is -1.66. The van der Waals surface area contributed by atoms with Crippen LogP contribution in [0, 0.1) is 0 Å². The Hall–Kier alpha value is -0.903. The second-order valence-electron chi connectivity index (χ2n) is 3.16. The number of rotatable bonds is 8. The molecule has 0 aliphatic heterocycles. The van der Waals surface area contributed by atoms with Gasteiger partial charge in [0.1, 0.15) is 5.57 Å². The highest BCUT2D eigenvalue weighted by Gasteiger charge is 2.51. The summed E-state index contributed by atoms with van der Waals surface area (Å²) >= 11 is 0. The zero-order valence-electron chi connectivity index (χ0n) is 11.0. The molecule has 0 N–H and O–H groups in total. The first kappa shape index (κ1) is 18.1. The largest absolute Gasteiger partial charge is 0.751 e. The fraction of sp³-hybridized carbons (Fsp3) is 0.700. The molecule has 5 nitrogen and oxygen atoms in total. The van der Waals surface area contributed by atoms with E-state index in [1.165, 1.54) is 0 Å². The monoisotopic (exact) mass is 302 g/mol. The first-order valence-corrected chi connectivity index (χ1v) is 7.27. The summed E-state index contributed by atoms with van der Waals surface area (Å²) in [6.45, 7) is 7.58. The smallest absolute Gasteiger partial charge is 0.448 e. The maximum absolute atomic E-state index is 12.3. The molecule has 0 saturated carbocycles. The molecule has 0 rings (SSSR count). The second kappa shape index (κ2) is 7.63. The molecule has 0 aromatic rings. The molecule has 0 aromatic heterocycles. The van der Waals surface area contributed by atoms with Crippen LogP contribution in [-0.2, 0) is 22.5 Å². The Bertz CT molecular complexity index is 302. The van der Waals surface area contributed by atoms with Gasteiger partial charge in [-0.3, -0.25) is 0 Å². The van der Waals surface area contributed by atoms with E-state index in [0.29, 0.717) is 0 Å². The quantitative estimate of drug-likeness (QED) is 0.508. The molecule has 9 heteroatoms. The number of hydrogen-bond donors (Lipinski definition) is 0. The molecule has 0 fully saturated rings. The Kier molecular flexibility index (Phi) is 7.27. The maximum atomic E-state index is 12.3. The molecule has 112 valence electrons. The topological polar surface area (TPSA) is 54.0 Å². The van der Waals surface area contributed by atoms with Crippen molar-refractivity contribution in [2.75, 3.05) is 19.8 Å². The average Bonchev–Trinajstić information content (AvgIpc) is 2.27. The van der Waals surface area contributed by atoms with Crippen molar-refractivity contribution in [2.24, 2.45) is 0 Å². The van der Waals surface area contributed by atoms with Gasteiger partial charge in [-0.25, -0.2) is 4.79 Å². The molecule has 0 saturated heterocycles. The van der Waals surface area contributed by atoms with Gasteiger partial charge in [0, 0.05) is 19.8 Å². The molecular weight excluding hydrogens is 285 g/mol. The molecule has 19 heavy (non-hydrogen) atoms. The molecule has 0 atom stereocenters. The van der Waals surface area contributed by atoms with Crippen molar-refractivity contribution in [3.8, 4) is 0 Å². The minimum Gasteiger partial charge on any atom is -0.448 e. The molecule has 0 aliphatic rings. The molecule has 0 amide bonds. The van der Waals surface area contributed by atoms with Crippen molar-refractivity contribution in [3.05, 3.63) is 12.2 Å². The molecule has 0 spiro atoms. The third-order valence-corrected chi connectivity index (χ3v) is 4.13. The number of halogens is 3. The molecule has 0 heterocycles. The van der Waals surface area contributed by atoms with Crippen LogP contribution in [0.2, 0.25) is 0 Å². The lowest BCUT2D eigenvalue weighted by molar-refractivity contribution is -0.151. The SMILES string of the molecule is C=C(C(=O)O[Si](OCC)(OCC)OCC)C(F)(F)F. The molecule has 0 radical (unpaired) electrons. The lowest BCUT2D eigenvalue weighted by Gasteiger charge is -2.26. The van der Waals surface area contributed by atoms with Crippen molar-refractivity contribution in [2.45, 2.75) is 26.9 Å². The number of hydrogen-bond acceptors (Lipinski definition) is 5. The summed E-state index contributed by atoms with van der Waals surface area (Å²) in [7, 11) is -3.91. The fourth-order valence-electron chi connectivity index (χ4n) is 1.03. The minimum absolute atomic E-state index is 0.0675. The zero-order chi connectivity index (χ0) is 15.1. The number of carbonyl (C=O) groups excluding carboxylic acids is 1. The standard InChI is InChI=1S/C10H17F3O5Si/c1-5-15-19(16-6-2,17-7-3)18-9(14)8(4)10(11,12)13/h4-7H2,1-3H3. The molecule has 0 aromatic carbocycles. The Morgan fingerprint density at radius 3 is 1.68 bits per heavy atom. The van der Waals surface area contributed by atoms with Gasteiger partial charge in [-0.2, -0.15) is 13.2 Å². The zero-order valence-corrected chi connectivity index (χ0v) is 12.0. The van der Waals surface area contributed by atoms with Crippen LogP contribution in [0.15, 0.2) is 12.2 Å². The second-order valence-corrected chi connectivity index (χ2v) is 5.24. The molecular formula is C10H17F3O5Si. The Morgan fingerprint density at radius 2 is 1.42 bits per heavy atom. The highest BCUT2D eigenvalue weighted by atomic mass is 28.4. The third kappa shape index (κ3) is 5.72. The van der Waals surface area contributed by atoms with Gasteiger partial charge in [0.05, 0.1) is 0 Å². The normalized spacial score (nSPS) is 12.3. The summed E-state index contributed by atoms with van der Waals surface area (Å²) in [5, 5.41) is 0. The van der Waals surface area contributed by atoms with Crippen molar-refractivity contribution < 1.29 is 35.7 Å². The van der Waals surface area contributed by atoms with E-state index in [1.54, 1.807) is 20.8 Å². The molecule has 0 aliphatic carbocycles. The predicted octanol–water partition coefficient (Wildman–Crippen LogP) is 2.19. The fourth-order valence-corrected chi connectivity index (χ4v) is 2.87. The van der Waals surface area contributed by atoms with Crippen LogP contribution >= 0.6 is 0 Å². The summed E-state index contributed by atoms with van der Waals surface area (Å²) in [4.78, 5) is 11.4. The van der Waals surface area contributed by atoms with Crippen molar-refractivity contribution in [1.29, 1.82) is 0 Å². The highest BCUT2D eigenvalue weighted by molar-refractivity contribution is 6.55. The van der Waals surface area contributed by atoms with E-state index in [4.69, 9.17) is 13.3 Å². The van der Waals surface area contributed by atoms with Crippen LogP contribution in [0.4, 0.5) is 13.2 Å². The third-order valence-electron chi connectivity index (χ3n) is 1.77. The average molecular weight is 302 g/mol. The maximum Gasteiger partial charge on any atom is 0.751 e. The first-order valence-electron chi connectivity index (χ1n) is 5.63. The highest BCUT2D eigenvalue weighted by Crippen LogP contribution is 2.26. The summed E-state index contributed by atoms with van der Waals surface area (Å²) in [6, 6.07) is 0. The number of alkyl halides is 3. The minimum atomic E-state index is -4.87.